The maximum atomic E-state index is 3.75. The van der Waals surface area contributed by atoms with Crippen molar-refractivity contribution >= 4 is 0 Å². The third-order valence-electron chi connectivity index (χ3n) is 1.34. The fraction of sp³-hybridized carbons (Fsp3) is 0.111. The Balaban J connectivity index is 2.78. The number of hydrogen-bond acceptors (Lipinski definition) is 0. The Bertz CT molecular complexity index is 176. The Kier molecular flexibility index (Phi) is 1.88. The second-order valence-electron chi connectivity index (χ2n) is 2.12. The summed E-state index contributed by atoms with van der Waals surface area (Å²) in [7, 11) is 0. The van der Waals surface area contributed by atoms with E-state index in [4.69, 9.17) is 0 Å². The molecule has 0 fully saturated rings. The van der Waals surface area contributed by atoms with Crippen molar-refractivity contribution in [1.29, 1.82) is 0 Å². The average molecular weight is 118 g/mol. The van der Waals surface area contributed by atoms with Crippen LogP contribution in [0.4, 0.5) is 0 Å². The van der Waals surface area contributed by atoms with E-state index in [9.17, 15) is 0 Å². The maximum absolute atomic E-state index is 3.75. The summed E-state index contributed by atoms with van der Waals surface area (Å²) < 4.78 is 0. The van der Waals surface area contributed by atoms with Crippen LogP contribution in [0, 0.1) is 13.8 Å². The van der Waals surface area contributed by atoms with Crippen LogP contribution in [-0.2, 0) is 0 Å². The molecule has 0 saturated carbocycles. The molecule has 46 valence electrons. The average Bonchev–Trinajstić information content (AvgIpc) is 1.90. The van der Waals surface area contributed by atoms with E-state index >= 15 is 0 Å². The van der Waals surface area contributed by atoms with Crippen LogP contribution in [0.1, 0.15) is 6.42 Å². The van der Waals surface area contributed by atoms with Crippen LogP contribution in [-0.4, -0.2) is 0 Å². The van der Waals surface area contributed by atoms with Gasteiger partial charge in [-0.25, -0.2) is 0 Å². The molecule has 2 radical (unpaired) electrons. The van der Waals surface area contributed by atoms with Gasteiger partial charge in [0.1, 0.15) is 0 Å². The van der Waals surface area contributed by atoms with Crippen LogP contribution < -0.4 is 0 Å². The smallest absolute Gasteiger partial charge is 0.00948 e. The molecule has 0 aromatic rings. The predicted molar refractivity (Wildman–Crippen MR) is 40.6 cm³/mol. The third-order valence-corrected chi connectivity index (χ3v) is 1.34. The first-order valence-corrected chi connectivity index (χ1v) is 3.01. The summed E-state index contributed by atoms with van der Waals surface area (Å²) in [6, 6.07) is 0. The van der Waals surface area contributed by atoms with E-state index in [2.05, 4.69) is 26.0 Å². The SMILES string of the molecule is [CH2]C([CH2])=C1C=CC=CC1. The molecule has 0 aromatic carbocycles. The monoisotopic (exact) mass is 118 g/mol. The minimum absolute atomic E-state index is 0.926. The second kappa shape index (κ2) is 2.67. The number of allylic oxidation sites excluding steroid dienone is 6. The summed E-state index contributed by atoms with van der Waals surface area (Å²) in [6.45, 7) is 7.49. The van der Waals surface area contributed by atoms with Crippen molar-refractivity contribution in [3.63, 3.8) is 0 Å². The highest BCUT2D eigenvalue weighted by Gasteiger charge is 1.93. The second-order valence-corrected chi connectivity index (χ2v) is 2.12. The van der Waals surface area contributed by atoms with E-state index in [1.165, 1.54) is 5.57 Å². The van der Waals surface area contributed by atoms with Crippen molar-refractivity contribution in [3.05, 3.63) is 49.3 Å². The topological polar surface area (TPSA) is 0 Å². The van der Waals surface area contributed by atoms with E-state index in [-0.39, 0.29) is 0 Å². The predicted octanol–water partition coefficient (Wildman–Crippen LogP) is 2.47. The normalized spacial score (nSPS) is 16.4. The zero-order valence-corrected chi connectivity index (χ0v) is 5.43. The maximum Gasteiger partial charge on any atom is -0.00948 e. The molecule has 1 rings (SSSR count). The molecule has 0 heterocycles. The molecular weight excluding hydrogens is 108 g/mol. The van der Waals surface area contributed by atoms with Crippen LogP contribution in [0.5, 0.6) is 0 Å². The van der Waals surface area contributed by atoms with Crippen molar-refractivity contribution < 1.29 is 0 Å². The van der Waals surface area contributed by atoms with Crippen LogP contribution >= 0.6 is 0 Å². The zero-order chi connectivity index (χ0) is 6.69. The molecule has 1 aliphatic carbocycles. The Hall–Kier alpha value is -0.780. The van der Waals surface area contributed by atoms with Gasteiger partial charge in [0.2, 0.25) is 0 Å². The number of rotatable bonds is 0. The van der Waals surface area contributed by atoms with Crippen molar-refractivity contribution in [2.24, 2.45) is 0 Å². The summed E-state index contributed by atoms with van der Waals surface area (Å²) in [5.74, 6) is 0. The van der Waals surface area contributed by atoms with Gasteiger partial charge in [0, 0.05) is 0 Å². The van der Waals surface area contributed by atoms with Gasteiger partial charge in [-0.1, -0.05) is 29.9 Å². The largest absolute Gasteiger partial charge is 0.0801 e. The van der Waals surface area contributed by atoms with Gasteiger partial charge in [0.05, 0.1) is 0 Å². The molecule has 0 nitrogen and oxygen atoms in total. The van der Waals surface area contributed by atoms with Crippen molar-refractivity contribution in [2.75, 3.05) is 0 Å². The Morgan fingerprint density at radius 2 is 2.11 bits per heavy atom. The Morgan fingerprint density at radius 3 is 2.44 bits per heavy atom. The zero-order valence-electron chi connectivity index (χ0n) is 5.43. The first kappa shape index (κ1) is 6.34. The molecule has 1 aliphatic rings. The van der Waals surface area contributed by atoms with E-state index in [0.29, 0.717) is 0 Å². The van der Waals surface area contributed by atoms with Crippen molar-refractivity contribution in [1.82, 2.24) is 0 Å². The molecule has 0 saturated heterocycles. The standard InChI is InChI=1S/C9H10/c1-8(2)9-6-4-3-5-7-9/h3-6H,1-2,7H2. The van der Waals surface area contributed by atoms with Gasteiger partial charge < -0.3 is 0 Å². The van der Waals surface area contributed by atoms with Gasteiger partial charge in [-0.3, -0.25) is 0 Å². The molecule has 0 aliphatic heterocycles. The summed E-state index contributed by atoms with van der Waals surface area (Å²) in [5, 5.41) is 0. The van der Waals surface area contributed by atoms with Crippen molar-refractivity contribution in [2.45, 2.75) is 6.42 Å². The highest BCUT2D eigenvalue weighted by atomic mass is 14.0. The summed E-state index contributed by atoms with van der Waals surface area (Å²) >= 11 is 0. The molecule has 9 heavy (non-hydrogen) atoms. The highest BCUT2D eigenvalue weighted by molar-refractivity contribution is 5.35. The Morgan fingerprint density at radius 1 is 1.33 bits per heavy atom. The van der Waals surface area contributed by atoms with Crippen LogP contribution in [0.2, 0.25) is 0 Å². The molecule has 0 spiro atoms. The molecule has 0 unspecified atom stereocenters. The molecule has 0 bridgehead atoms. The fourth-order valence-corrected chi connectivity index (χ4v) is 0.776. The molecular formula is C9H10. The lowest BCUT2D eigenvalue weighted by atomic mass is 10.0. The quantitative estimate of drug-likeness (QED) is 0.458. The molecule has 0 N–H and O–H groups in total. The molecule has 0 atom stereocenters. The van der Waals surface area contributed by atoms with Gasteiger partial charge >= 0.3 is 0 Å². The first-order valence-electron chi connectivity index (χ1n) is 3.01. The molecule has 0 aromatic heterocycles. The van der Waals surface area contributed by atoms with Gasteiger partial charge in [-0.05, 0) is 25.8 Å². The fourth-order valence-electron chi connectivity index (χ4n) is 0.776. The molecule has 0 amide bonds. The lowest BCUT2D eigenvalue weighted by molar-refractivity contribution is 1.24. The van der Waals surface area contributed by atoms with Gasteiger partial charge in [0.15, 0.2) is 0 Å². The third kappa shape index (κ3) is 1.56. The van der Waals surface area contributed by atoms with Crippen LogP contribution in [0.3, 0.4) is 0 Å². The lowest BCUT2D eigenvalue weighted by Gasteiger charge is -2.02. The lowest BCUT2D eigenvalue weighted by Crippen LogP contribution is -1.83. The van der Waals surface area contributed by atoms with E-state index < -0.39 is 0 Å². The van der Waals surface area contributed by atoms with Crippen LogP contribution in [0.15, 0.2) is 35.5 Å². The van der Waals surface area contributed by atoms with Crippen LogP contribution in [0.25, 0.3) is 0 Å². The van der Waals surface area contributed by atoms with E-state index in [1.807, 2.05) is 12.2 Å². The minimum Gasteiger partial charge on any atom is -0.0801 e. The van der Waals surface area contributed by atoms with E-state index in [1.54, 1.807) is 0 Å². The van der Waals surface area contributed by atoms with Crippen molar-refractivity contribution in [3.8, 4) is 0 Å². The number of hydrogen-bond donors (Lipinski definition) is 0. The molecule has 0 heteroatoms. The van der Waals surface area contributed by atoms with Gasteiger partial charge in [-0.15, -0.1) is 0 Å². The van der Waals surface area contributed by atoms with Gasteiger partial charge in [-0.2, -0.15) is 0 Å². The minimum atomic E-state index is 0.926. The first-order chi connectivity index (χ1) is 4.30. The Labute approximate surface area is 56.6 Å². The summed E-state index contributed by atoms with van der Waals surface area (Å²) in [6.07, 6.45) is 9.18. The van der Waals surface area contributed by atoms with E-state index in [0.717, 1.165) is 12.0 Å². The summed E-state index contributed by atoms with van der Waals surface area (Å²) in [5.41, 5.74) is 2.16. The highest BCUT2D eigenvalue weighted by Crippen LogP contribution is 2.13. The summed E-state index contributed by atoms with van der Waals surface area (Å²) in [4.78, 5) is 0. The van der Waals surface area contributed by atoms with Gasteiger partial charge in [0.25, 0.3) is 0 Å².